The van der Waals surface area contributed by atoms with E-state index in [4.69, 9.17) is 4.42 Å². The van der Waals surface area contributed by atoms with Crippen LogP contribution in [0.5, 0.6) is 0 Å². The first-order valence-corrected chi connectivity index (χ1v) is 9.12. The van der Waals surface area contributed by atoms with Gasteiger partial charge in [0.2, 0.25) is 0 Å². The number of aromatic nitrogens is 1. The lowest BCUT2D eigenvalue weighted by Gasteiger charge is -2.32. The van der Waals surface area contributed by atoms with Crippen molar-refractivity contribution in [2.75, 3.05) is 6.54 Å². The third kappa shape index (κ3) is 3.51. The van der Waals surface area contributed by atoms with Crippen molar-refractivity contribution < 1.29 is 14.3 Å². The minimum absolute atomic E-state index is 0.313. The molecule has 0 fully saturated rings. The minimum atomic E-state index is -1.56. The fraction of sp³-hybridized carbons (Fsp3) is 0.273. The molecule has 138 valence electrons. The number of carbonyl (C=O) groups excluding carboxylic acids is 1. The average Bonchev–Trinajstić information content (AvgIpc) is 3.10. The maximum Gasteiger partial charge on any atom is 0.259 e. The van der Waals surface area contributed by atoms with Gasteiger partial charge in [-0.15, -0.1) is 0 Å². The second kappa shape index (κ2) is 7.00. The van der Waals surface area contributed by atoms with Crippen molar-refractivity contribution in [3.05, 3.63) is 89.1 Å². The van der Waals surface area contributed by atoms with Gasteiger partial charge in [0.05, 0.1) is 6.54 Å². The Morgan fingerprint density at radius 3 is 2.52 bits per heavy atom. The lowest BCUT2D eigenvalue weighted by molar-refractivity contribution is -0.151. The fourth-order valence-electron chi connectivity index (χ4n) is 3.47. The molecule has 0 saturated carbocycles. The Bertz CT molecular complexity index is 933. The fourth-order valence-corrected chi connectivity index (χ4v) is 3.47. The molecule has 27 heavy (non-hydrogen) atoms. The lowest BCUT2D eigenvalue weighted by Crippen LogP contribution is -2.47. The largest absolute Gasteiger partial charge is 0.445 e. The molecular weight excluding hydrogens is 340 g/mol. The van der Waals surface area contributed by atoms with E-state index in [-0.39, 0.29) is 5.91 Å². The SMILES string of the molecule is CC(O)(C(=O)N1CCc2oc(Cc3ccccc3)nc2C1)c1ccccc1. The van der Waals surface area contributed by atoms with Crippen molar-refractivity contribution in [1.82, 2.24) is 9.88 Å². The Morgan fingerprint density at radius 2 is 1.81 bits per heavy atom. The number of rotatable bonds is 4. The third-order valence-corrected chi connectivity index (χ3v) is 5.01. The molecule has 1 N–H and O–H groups in total. The highest BCUT2D eigenvalue weighted by atomic mass is 16.4. The Kier molecular flexibility index (Phi) is 4.54. The molecule has 0 aliphatic carbocycles. The van der Waals surface area contributed by atoms with Crippen LogP contribution in [0, 0.1) is 0 Å². The number of amides is 1. The number of aliphatic hydroxyl groups is 1. The summed E-state index contributed by atoms with van der Waals surface area (Å²) in [5.41, 5.74) is 0.946. The zero-order chi connectivity index (χ0) is 18.9. The highest BCUT2D eigenvalue weighted by molar-refractivity contribution is 5.86. The summed E-state index contributed by atoms with van der Waals surface area (Å²) in [4.78, 5) is 19.2. The Morgan fingerprint density at radius 1 is 1.15 bits per heavy atom. The van der Waals surface area contributed by atoms with Gasteiger partial charge in [0.1, 0.15) is 11.5 Å². The molecule has 5 nitrogen and oxygen atoms in total. The van der Waals surface area contributed by atoms with Crippen LogP contribution in [-0.2, 0) is 29.8 Å². The van der Waals surface area contributed by atoms with Crippen LogP contribution in [0.25, 0.3) is 0 Å². The standard InChI is InChI=1S/C22H22N2O3/c1-22(26,17-10-6-3-7-11-17)21(25)24-13-12-19-18(15-24)23-20(27-19)14-16-8-4-2-5-9-16/h2-11,26H,12-15H2,1H3. The predicted octanol–water partition coefficient (Wildman–Crippen LogP) is 3.06. The van der Waals surface area contributed by atoms with Gasteiger partial charge in [-0.05, 0) is 18.1 Å². The molecule has 1 aromatic heterocycles. The first-order chi connectivity index (χ1) is 13.0. The minimum Gasteiger partial charge on any atom is -0.445 e. The number of fused-ring (bicyclic) bond motifs is 1. The Balaban J connectivity index is 1.50. The number of carbonyl (C=O) groups is 1. The second-order valence-electron chi connectivity index (χ2n) is 7.05. The summed E-state index contributed by atoms with van der Waals surface area (Å²) in [6.07, 6.45) is 1.23. The Labute approximate surface area is 158 Å². The molecule has 0 spiro atoms. The Hall–Kier alpha value is -2.92. The summed E-state index contributed by atoms with van der Waals surface area (Å²) < 4.78 is 5.90. The van der Waals surface area contributed by atoms with Crippen LogP contribution in [0.2, 0.25) is 0 Å². The summed E-state index contributed by atoms with van der Waals surface area (Å²) in [6.45, 7) is 2.41. The van der Waals surface area contributed by atoms with Crippen molar-refractivity contribution in [3.63, 3.8) is 0 Å². The molecule has 5 heteroatoms. The highest BCUT2D eigenvalue weighted by Gasteiger charge is 2.38. The van der Waals surface area contributed by atoms with E-state index < -0.39 is 5.60 Å². The van der Waals surface area contributed by atoms with E-state index in [0.29, 0.717) is 37.4 Å². The molecule has 0 bridgehead atoms. The number of nitrogens with zero attached hydrogens (tertiary/aromatic N) is 2. The number of benzene rings is 2. The van der Waals surface area contributed by atoms with E-state index in [1.165, 1.54) is 0 Å². The van der Waals surface area contributed by atoms with Crippen LogP contribution in [0.4, 0.5) is 0 Å². The van der Waals surface area contributed by atoms with Gasteiger partial charge in [-0.3, -0.25) is 4.79 Å². The van der Waals surface area contributed by atoms with Crippen LogP contribution >= 0.6 is 0 Å². The van der Waals surface area contributed by atoms with Crippen LogP contribution < -0.4 is 0 Å². The van der Waals surface area contributed by atoms with E-state index in [0.717, 1.165) is 17.0 Å². The van der Waals surface area contributed by atoms with Crippen molar-refractivity contribution in [2.45, 2.75) is 31.9 Å². The molecule has 1 unspecified atom stereocenters. The predicted molar refractivity (Wildman–Crippen MR) is 101 cm³/mol. The molecule has 3 aromatic rings. The van der Waals surface area contributed by atoms with Crippen LogP contribution in [0.3, 0.4) is 0 Å². The van der Waals surface area contributed by atoms with Crippen molar-refractivity contribution in [3.8, 4) is 0 Å². The molecule has 2 heterocycles. The van der Waals surface area contributed by atoms with Gasteiger partial charge in [-0.25, -0.2) is 4.98 Å². The van der Waals surface area contributed by atoms with Gasteiger partial charge in [0.15, 0.2) is 11.5 Å². The maximum atomic E-state index is 12.9. The lowest BCUT2D eigenvalue weighted by atomic mass is 9.93. The molecule has 2 aromatic carbocycles. The molecule has 1 aliphatic heterocycles. The van der Waals surface area contributed by atoms with E-state index in [9.17, 15) is 9.90 Å². The first kappa shape index (κ1) is 17.5. The molecule has 4 rings (SSSR count). The zero-order valence-corrected chi connectivity index (χ0v) is 15.3. The van der Waals surface area contributed by atoms with Gasteiger partial charge in [0.25, 0.3) is 5.91 Å². The zero-order valence-electron chi connectivity index (χ0n) is 15.3. The number of oxazole rings is 1. The third-order valence-electron chi connectivity index (χ3n) is 5.01. The monoisotopic (exact) mass is 362 g/mol. The van der Waals surface area contributed by atoms with Gasteiger partial charge in [0, 0.05) is 19.4 Å². The van der Waals surface area contributed by atoms with Crippen molar-refractivity contribution in [1.29, 1.82) is 0 Å². The average molecular weight is 362 g/mol. The summed E-state index contributed by atoms with van der Waals surface area (Å²) in [7, 11) is 0. The first-order valence-electron chi connectivity index (χ1n) is 9.12. The molecule has 1 atom stereocenters. The molecule has 0 saturated heterocycles. The van der Waals surface area contributed by atoms with E-state index in [1.54, 1.807) is 24.0 Å². The molecule has 1 amide bonds. The van der Waals surface area contributed by atoms with Gasteiger partial charge in [-0.2, -0.15) is 0 Å². The van der Waals surface area contributed by atoms with E-state index >= 15 is 0 Å². The summed E-state index contributed by atoms with van der Waals surface area (Å²) in [5.74, 6) is 1.19. The van der Waals surface area contributed by atoms with Gasteiger partial charge < -0.3 is 14.4 Å². The second-order valence-corrected chi connectivity index (χ2v) is 7.05. The number of hydrogen-bond donors (Lipinski definition) is 1. The number of hydrogen-bond acceptors (Lipinski definition) is 4. The molecule has 1 aliphatic rings. The van der Waals surface area contributed by atoms with Crippen LogP contribution in [0.1, 0.15) is 35.4 Å². The highest BCUT2D eigenvalue weighted by Crippen LogP contribution is 2.27. The topological polar surface area (TPSA) is 66.6 Å². The van der Waals surface area contributed by atoms with E-state index in [2.05, 4.69) is 4.98 Å². The van der Waals surface area contributed by atoms with Crippen LogP contribution in [0.15, 0.2) is 65.1 Å². The normalized spacial score (nSPS) is 15.9. The van der Waals surface area contributed by atoms with Gasteiger partial charge >= 0.3 is 0 Å². The summed E-state index contributed by atoms with van der Waals surface area (Å²) in [5, 5.41) is 10.8. The van der Waals surface area contributed by atoms with Crippen molar-refractivity contribution in [2.24, 2.45) is 0 Å². The van der Waals surface area contributed by atoms with Gasteiger partial charge in [-0.1, -0.05) is 60.7 Å². The maximum absolute atomic E-state index is 12.9. The molecule has 0 radical (unpaired) electrons. The quantitative estimate of drug-likeness (QED) is 0.775. The van der Waals surface area contributed by atoms with Crippen molar-refractivity contribution >= 4 is 5.91 Å². The summed E-state index contributed by atoms with van der Waals surface area (Å²) >= 11 is 0. The molecular formula is C22H22N2O3. The van der Waals surface area contributed by atoms with E-state index in [1.807, 2.05) is 48.5 Å². The smallest absolute Gasteiger partial charge is 0.259 e. The summed E-state index contributed by atoms with van der Waals surface area (Å²) in [6, 6.07) is 19.1. The van der Waals surface area contributed by atoms with Crippen LogP contribution in [-0.4, -0.2) is 27.4 Å².